The van der Waals surface area contributed by atoms with Crippen molar-refractivity contribution in [3.8, 4) is 0 Å². The molecular weight excluding hydrogens is 194 g/mol. The molecule has 0 aliphatic heterocycles. The van der Waals surface area contributed by atoms with E-state index in [1.165, 1.54) is 6.20 Å². The molecule has 0 saturated heterocycles. The van der Waals surface area contributed by atoms with Crippen molar-refractivity contribution < 1.29 is 9.90 Å². The summed E-state index contributed by atoms with van der Waals surface area (Å²) in [5, 5.41) is 8.80. The molecule has 0 atom stereocenters. The molecule has 0 aromatic carbocycles. The van der Waals surface area contributed by atoms with Crippen molar-refractivity contribution in [3.05, 3.63) is 24.2 Å². The van der Waals surface area contributed by atoms with Gasteiger partial charge in [-0.15, -0.1) is 0 Å². The van der Waals surface area contributed by atoms with Crippen LogP contribution < -0.4 is 0 Å². The van der Waals surface area contributed by atoms with Crippen LogP contribution in [-0.4, -0.2) is 25.6 Å². The van der Waals surface area contributed by atoms with Crippen LogP contribution in [0.1, 0.15) is 29.2 Å². The molecule has 1 saturated carbocycles. The Morgan fingerprint density at radius 2 is 2.27 bits per heavy atom. The van der Waals surface area contributed by atoms with Crippen molar-refractivity contribution >= 4 is 17.1 Å². The number of aromatic carboxylic acids is 1. The van der Waals surface area contributed by atoms with Gasteiger partial charge in [0, 0.05) is 12.2 Å². The molecule has 0 bridgehead atoms. The highest BCUT2D eigenvalue weighted by Crippen LogP contribution is 2.36. The van der Waals surface area contributed by atoms with Gasteiger partial charge in [0.25, 0.3) is 0 Å². The smallest absolute Gasteiger partial charge is 0.337 e. The molecule has 2 aromatic heterocycles. The molecule has 0 amide bonds. The molecule has 1 N–H and O–H groups in total. The van der Waals surface area contributed by atoms with Gasteiger partial charge >= 0.3 is 5.97 Å². The Morgan fingerprint density at radius 3 is 2.93 bits per heavy atom. The molecule has 5 heteroatoms. The fourth-order valence-electron chi connectivity index (χ4n) is 1.66. The van der Waals surface area contributed by atoms with Gasteiger partial charge < -0.3 is 9.67 Å². The molecule has 76 valence electrons. The van der Waals surface area contributed by atoms with E-state index in [9.17, 15) is 4.79 Å². The Morgan fingerprint density at radius 1 is 1.47 bits per heavy atom. The van der Waals surface area contributed by atoms with Crippen molar-refractivity contribution in [1.82, 2.24) is 14.5 Å². The van der Waals surface area contributed by atoms with Gasteiger partial charge in [-0.25, -0.2) is 14.8 Å². The number of rotatable bonds is 2. The van der Waals surface area contributed by atoms with Crippen LogP contribution >= 0.6 is 0 Å². The topological polar surface area (TPSA) is 68.0 Å². The highest BCUT2D eigenvalue weighted by molar-refractivity contribution is 5.90. The highest BCUT2D eigenvalue weighted by atomic mass is 16.4. The Bertz CT molecular complexity index is 543. The first kappa shape index (κ1) is 8.40. The van der Waals surface area contributed by atoms with E-state index in [0.29, 0.717) is 11.6 Å². The molecule has 1 aliphatic carbocycles. The van der Waals surface area contributed by atoms with E-state index in [4.69, 9.17) is 5.11 Å². The number of aromatic nitrogens is 3. The number of carboxylic acid groups (broad SMARTS) is 1. The van der Waals surface area contributed by atoms with Gasteiger partial charge in [-0.05, 0) is 18.9 Å². The molecular formula is C10H9N3O2. The van der Waals surface area contributed by atoms with E-state index >= 15 is 0 Å². The lowest BCUT2D eigenvalue weighted by Gasteiger charge is -1.99. The zero-order valence-corrected chi connectivity index (χ0v) is 7.92. The van der Waals surface area contributed by atoms with Gasteiger partial charge in [0.2, 0.25) is 0 Å². The number of fused-ring (bicyclic) bond motifs is 1. The second kappa shape index (κ2) is 2.79. The maximum Gasteiger partial charge on any atom is 0.337 e. The van der Waals surface area contributed by atoms with Gasteiger partial charge in [0.15, 0.2) is 5.65 Å². The van der Waals surface area contributed by atoms with Crippen LogP contribution in [0.15, 0.2) is 18.6 Å². The molecule has 1 fully saturated rings. The third-order valence-electron chi connectivity index (χ3n) is 2.60. The number of hydrogen-bond donors (Lipinski definition) is 1. The summed E-state index contributed by atoms with van der Waals surface area (Å²) in [5.74, 6) is -0.967. The van der Waals surface area contributed by atoms with E-state index in [-0.39, 0.29) is 5.56 Å². The van der Waals surface area contributed by atoms with E-state index in [2.05, 4.69) is 9.97 Å². The SMILES string of the molecule is O=C(O)c1cnc2c(c1)ncn2C1CC1. The molecule has 0 spiro atoms. The first-order valence-electron chi connectivity index (χ1n) is 4.81. The summed E-state index contributed by atoms with van der Waals surface area (Å²) >= 11 is 0. The standard InChI is InChI=1S/C10H9N3O2/c14-10(15)6-3-8-9(11-4-6)13(5-12-8)7-1-2-7/h3-5,7H,1-2H2,(H,14,15). The zero-order chi connectivity index (χ0) is 10.4. The van der Waals surface area contributed by atoms with Crippen molar-refractivity contribution in [2.75, 3.05) is 0 Å². The Labute approximate surface area is 85.4 Å². The van der Waals surface area contributed by atoms with Crippen molar-refractivity contribution in [2.24, 2.45) is 0 Å². The molecule has 3 rings (SSSR count). The van der Waals surface area contributed by atoms with Gasteiger partial charge in [-0.3, -0.25) is 0 Å². The predicted octanol–water partition coefficient (Wildman–Crippen LogP) is 1.46. The van der Waals surface area contributed by atoms with E-state index in [1.54, 1.807) is 12.4 Å². The Kier molecular flexibility index (Phi) is 1.56. The molecule has 2 aromatic rings. The van der Waals surface area contributed by atoms with Crippen LogP contribution in [-0.2, 0) is 0 Å². The number of carbonyl (C=O) groups is 1. The van der Waals surface area contributed by atoms with Crippen LogP contribution in [0.25, 0.3) is 11.2 Å². The average Bonchev–Trinajstić information content (AvgIpc) is 2.98. The number of carboxylic acids is 1. The number of pyridine rings is 1. The quantitative estimate of drug-likeness (QED) is 0.802. The van der Waals surface area contributed by atoms with Crippen LogP contribution in [0.3, 0.4) is 0 Å². The maximum atomic E-state index is 10.7. The molecule has 0 radical (unpaired) electrons. The lowest BCUT2D eigenvalue weighted by molar-refractivity contribution is 0.0696. The summed E-state index contributed by atoms with van der Waals surface area (Å²) in [6, 6.07) is 2.07. The monoisotopic (exact) mass is 203 g/mol. The molecule has 15 heavy (non-hydrogen) atoms. The minimum absolute atomic E-state index is 0.184. The molecule has 5 nitrogen and oxygen atoms in total. The zero-order valence-electron chi connectivity index (χ0n) is 7.92. The first-order chi connectivity index (χ1) is 7.25. The average molecular weight is 203 g/mol. The number of hydrogen-bond acceptors (Lipinski definition) is 3. The third-order valence-corrected chi connectivity index (χ3v) is 2.60. The number of nitrogens with zero attached hydrogens (tertiary/aromatic N) is 3. The lowest BCUT2D eigenvalue weighted by atomic mass is 10.3. The normalized spacial score (nSPS) is 15.7. The fraction of sp³-hybridized carbons (Fsp3) is 0.300. The lowest BCUT2D eigenvalue weighted by Crippen LogP contribution is -1.98. The van der Waals surface area contributed by atoms with Crippen LogP contribution in [0.4, 0.5) is 0 Å². The Balaban J connectivity index is 2.17. The summed E-state index contributed by atoms with van der Waals surface area (Å²) in [4.78, 5) is 19.0. The Hall–Kier alpha value is -1.91. The number of imidazole rings is 1. The molecule has 1 aliphatic rings. The second-order valence-corrected chi connectivity index (χ2v) is 3.75. The minimum Gasteiger partial charge on any atom is -0.478 e. The highest BCUT2D eigenvalue weighted by Gasteiger charge is 2.25. The summed E-state index contributed by atoms with van der Waals surface area (Å²) in [5.41, 5.74) is 1.62. The predicted molar refractivity (Wildman–Crippen MR) is 52.8 cm³/mol. The second-order valence-electron chi connectivity index (χ2n) is 3.75. The molecule has 2 heterocycles. The van der Waals surface area contributed by atoms with Crippen LogP contribution in [0.2, 0.25) is 0 Å². The van der Waals surface area contributed by atoms with Crippen LogP contribution in [0.5, 0.6) is 0 Å². The summed E-state index contributed by atoms with van der Waals surface area (Å²) in [7, 11) is 0. The summed E-state index contributed by atoms with van der Waals surface area (Å²) in [6.45, 7) is 0. The largest absolute Gasteiger partial charge is 0.478 e. The van der Waals surface area contributed by atoms with Crippen molar-refractivity contribution in [2.45, 2.75) is 18.9 Å². The van der Waals surface area contributed by atoms with E-state index in [0.717, 1.165) is 18.5 Å². The minimum atomic E-state index is -0.967. The van der Waals surface area contributed by atoms with E-state index in [1.807, 2.05) is 4.57 Å². The van der Waals surface area contributed by atoms with E-state index < -0.39 is 5.97 Å². The van der Waals surface area contributed by atoms with Gasteiger partial charge in [0.05, 0.1) is 11.9 Å². The third kappa shape index (κ3) is 1.27. The summed E-state index contributed by atoms with van der Waals surface area (Å²) < 4.78 is 2.01. The van der Waals surface area contributed by atoms with Gasteiger partial charge in [-0.1, -0.05) is 0 Å². The van der Waals surface area contributed by atoms with Crippen LogP contribution in [0, 0.1) is 0 Å². The molecule has 0 unspecified atom stereocenters. The first-order valence-corrected chi connectivity index (χ1v) is 4.81. The van der Waals surface area contributed by atoms with Crippen molar-refractivity contribution in [3.63, 3.8) is 0 Å². The van der Waals surface area contributed by atoms with Gasteiger partial charge in [-0.2, -0.15) is 0 Å². The van der Waals surface area contributed by atoms with Gasteiger partial charge in [0.1, 0.15) is 5.52 Å². The fourth-order valence-corrected chi connectivity index (χ4v) is 1.66. The maximum absolute atomic E-state index is 10.7. The summed E-state index contributed by atoms with van der Waals surface area (Å²) in [6.07, 6.45) is 5.44. The van der Waals surface area contributed by atoms with Crippen molar-refractivity contribution in [1.29, 1.82) is 0 Å².